The van der Waals surface area contributed by atoms with Crippen LogP contribution < -0.4 is 10.6 Å². The highest BCUT2D eigenvalue weighted by Gasteiger charge is 2.35. The largest absolute Gasteiger partial charge is 0.356 e. The number of nitrogens with zero attached hydrogens (tertiary/aromatic N) is 2. The highest BCUT2D eigenvalue weighted by molar-refractivity contribution is 14.0. The Balaban J connectivity index is 0.00000243. The van der Waals surface area contributed by atoms with Gasteiger partial charge in [0.25, 0.3) is 0 Å². The first kappa shape index (κ1) is 22.0. The van der Waals surface area contributed by atoms with E-state index in [4.69, 9.17) is 0 Å². The van der Waals surface area contributed by atoms with Crippen LogP contribution in [0.4, 0.5) is 0 Å². The van der Waals surface area contributed by atoms with Crippen molar-refractivity contribution in [3.8, 4) is 0 Å². The summed E-state index contributed by atoms with van der Waals surface area (Å²) >= 11 is 1.89. The number of hydrogen-bond acceptors (Lipinski definition) is 3. The van der Waals surface area contributed by atoms with E-state index in [0.29, 0.717) is 17.4 Å². The Labute approximate surface area is 180 Å². The molecule has 0 bridgehead atoms. The van der Waals surface area contributed by atoms with Gasteiger partial charge in [0.15, 0.2) is 5.96 Å². The summed E-state index contributed by atoms with van der Waals surface area (Å²) in [5.74, 6) is 1.61. The molecule has 0 radical (unpaired) electrons. The molecule has 26 heavy (non-hydrogen) atoms. The number of aliphatic imine (C=N–C) groups is 1. The third-order valence-electron chi connectivity index (χ3n) is 6.39. The summed E-state index contributed by atoms with van der Waals surface area (Å²) in [6.07, 6.45) is 7.96. The average molecular weight is 490 g/mol. The van der Waals surface area contributed by atoms with E-state index in [0.717, 1.165) is 19.0 Å². The molecule has 0 spiro atoms. The van der Waals surface area contributed by atoms with E-state index in [1.165, 1.54) is 49.9 Å². The minimum Gasteiger partial charge on any atom is -0.356 e. The first-order chi connectivity index (χ1) is 12.2. The summed E-state index contributed by atoms with van der Waals surface area (Å²) in [4.78, 5) is 8.48. The smallest absolute Gasteiger partial charge is 0.191 e. The molecule has 2 N–H and O–H groups in total. The Morgan fingerprint density at radius 1 is 1.35 bits per heavy atom. The molecule has 148 valence electrons. The van der Waals surface area contributed by atoms with Crippen molar-refractivity contribution in [2.24, 2.45) is 16.3 Å². The van der Waals surface area contributed by atoms with Crippen LogP contribution in [0.2, 0.25) is 0 Å². The van der Waals surface area contributed by atoms with E-state index in [9.17, 15) is 0 Å². The molecule has 0 aromatic carbocycles. The van der Waals surface area contributed by atoms with Crippen LogP contribution in [0, 0.1) is 11.3 Å². The Morgan fingerprint density at radius 3 is 2.73 bits per heavy atom. The molecule has 1 aliphatic heterocycles. The van der Waals surface area contributed by atoms with E-state index < -0.39 is 0 Å². The Bertz CT molecular complexity index is 551. The zero-order chi connectivity index (χ0) is 17.7. The van der Waals surface area contributed by atoms with Crippen LogP contribution in [-0.4, -0.2) is 44.6 Å². The lowest BCUT2D eigenvalue weighted by molar-refractivity contribution is 0.123. The molecular formula is C20H35IN4S. The van der Waals surface area contributed by atoms with Gasteiger partial charge in [0.05, 0.1) is 0 Å². The normalized spacial score (nSPS) is 25.9. The monoisotopic (exact) mass is 490 g/mol. The van der Waals surface area contributed by atoms with Crippen LogP contribution in [-0.2, 0) is 0 Å². The van der Waals surface area contributed by atoms with Gasteiger partial charge in [0.2, 0.25) is 0 Å². The number of rotatable bonds is 6. The number of hydrogen-bond donors (Lipinski definition) is 2. The summed E-state index contributed by atoms with van der Waals surface area (Å²) in [6.45, 7) is 5.57. The number of guanidine groups is 1. The molecule has 1 saturated carbocycles. The van der Waals surface area contributed by atoms with E-state index in [-0.39, 0.29) is 24.0 Å². The molecule has 2 atom stereocenters. The summed E-state index contributed by atoms with van der Waals surface area (Å²) in [5, 5.41) is 9.40. The van der Waals surface area contributed by atoms with Gasteiger partial charge in [-0.25, -0.2) is 0 Å². The quantitative estimate of drug-likeness (QED) is 0.351. The van der Waals surface area contributed by atoms with Crippen LogP contribution in [0.5, 0.6) is 0 Å². The lowest BCUT2D eigenvalue weighted by atomic mass is 9.67. The zero-order valence-electron chi connectivity index (χ0n) is 16.5. The van der Waals surface area contributed by atoms with Crippen LogP contribution in [0.15, 0.2) is 22.5 Å². The van der Waals surface area contributed by atoms with Gasteiger partial charge in [-0.05, 0) is 68.5 Å². The lowest BCUT2D eigenvalue weighted by Gasteiger charge is -2.42. The zero-order valence-corrected chi connectivity index (χ0v) is 19.6. The molecule has 6 heteroatoms. The number of likely N-dealkylation sites (tertiary alicyclic amines) is 1. The number of piperidine rings is 1. The van der Waals surface area contributed by atoms with Crippen LogP contribution in [0.25, 0.3) is 0 Å². The van der Waals surface area contributed by atoms with E-state index >= 15 is 0 Å². The molecule has 2 aliphatic rings. The predicted molar refractivity (Wildman–Crippen MR) is 124 cm³/mol. The molecule has 0 amide bonds. The van der Waals surface area contributed by atoms with E-state index in [1.54, 1.807) is 0 Å². The molecule has 1 aliphatic carbocycles. The second-order valence-corrected chi connectivity index (χ2v) is 8.84. The van der Waals surface area contributed by atoms with Crippen molar-refractivity contribution in [1.29, 1.82) is 0 Å². The van der Waals surface area contributed by atoms with Gasteiger partial charge in [-0.2, -0.15) is 0 Å². The second-order valence-electron chi connectivity index (χ2n) is 7.86. The molecule has 2 fully saturated rings. The summed E-state index contributed by atoms with van der Waals surface area (Å²) < 4.78 is 0. The van der Waals surface area contributed by atoms with Gasteiger partial charge in [-0.1, -0.05) is 19.4 Å². The Kier molecular flexibility index (Phi) is 8.67. The van der Waals surface area contributed by atoms with Crippen molar-refractivity contribution >= 4 is 41.3 Å². The molecule has 3 rings (SSSR count). The number of thiophene rings is 1. The lowest BCUT2D eigenvalue weighted by Crippen LogP contribution is -2.48. The van der Waals surface area contributed by atoms with E-state index in [1.807, 2.05) is 18.4 Å². The van der Waals surface area contributed by atoms with Gasteiger partial charge in [0.1, 0.15) is 0 Å². The van der Waals surface area contributed by atoms with Gasteiger partial charge in [-0.15, -0.1) is 35.3 Å². The second kappa shape index (κ2) is 10.3. The van der Waals surface area contributed by atoms with Crippen molar-refractivity contribution < 1.29 is 0 Å². The standard InChI is InChI=1S/C20H34N4S.HI/c1-4-20(10-7-11-20)15-23-19(21-2)22-14-16-8-5-12-24(3)18(16)17-9-6-13-25-17;/h6,9,13,16,18H,4-5,7-8,10-12,14-15H2,1-3H3,(H2,21,22,23);1H. The van der Waals surface area contributed by atoms with Gasteiger partial charge in [-0.3, -0.25) is 9.89 Å². The molecular weight excluding hydrogens is 455 g/mol. The van der Waals surface area contributed by atoms with Crippen molar-refractivity contribution in [3.63, 3.8) is 0 Å². The summed E-state index contributed by atoms with van der Waals surface area (Å²) in [7, 11) is 4.16. The third-order valence-corrected chi connectivity index (χ3v) is 7.34. The third kappa shape index (κ3) is 5.13. The molecule has 4 nitrogen and oxygen atoms in total. The SMILES string of the molecule is CCC1(CNC(=NC)NCC2CCCN(C)C2c2cccs2)CCC1.I. The summed E-state index contributed by atoms with van der Waals surface area (Å²) in [6, 6.07) is 5.00. The van der Waals surface area contributed by atoms with Crippen molar-refractivity contribution in [1.82, 2.24) is 15.5 Å². The first-order valence-electron chi connectivity index (χ1n) is 9.85. The predicted octanol–water partition coefficient (Wildman–Crippen LogP) is 4.49. The van der Waals surface area contributed by atoms with Crippen LogP contribution in [0.3, 0.4) is 0 Å². The summed E-state index contributed by atoms with van der Waals surface area (Å²) in [5.41, 5.74) is 0.516. The minimum absolute atomic E-state index is 0. The number of halogens is 1. The van der Waals surface area contributed by atoms with Gasteiger partial charge >= 0.3 is 0 Å². The van der Waals surface area contributed by atoms with Crippen molar-refractivity contribution in [2.75, 3.05) is 33.7 Å². The fraction of sp³-hybridized carbons (Fsp3) is 0.750. The van der Waals surface area contributed by atoms with Crippen molar-refractivity contribution in [3.05, 3.63) is 22.4 Å². The van der Waals surface area contributed by atoms with Crippen LogP contribution in [0.1, 0.15) is 56.4 Å². The first-order valence-corrected chi connectivity index (χ1v) is 10.7. The molecule has 2 unspecified atom stereocenters. The molecule has 1 saturated heterocycles. The van der Waals surface area contributed by atoms with Gasteiger partial charge < -0.3 is 10.6 Å². The Morgan fingerprint density at radius 2 is 2.15 bits per heavy atom. The maximum absolute atomic E-state index is 4.46. The number of nitrogens with one attached hydrogen (secondary N) is 2. The molecule has 1 aromatic rings. The maximum atomic E-state index is 4.46. The minimum atomic E-state index is 0. The fourth-order valence-corrected chi connectivity index (χ4v) is 5.42. The molecule has 2 heterocycles. The Hall–Kier alpha value is -0.340. The topological polar surface area (TPSA) is 39.7 Å². The fourth-order valence-electron chi connectivity index (χ4n) is 4.43. The van der Waals surface area contributed by atoms with Crippen LogP contribution >= 0.6 is 35.3 Å². The highest BCUT2D eigenvalue weighted by Crippen LogP contribution is 2.43. The molecule has 1 aromatic heterocycles. The van der Waals surface area contributed by atoms with E-state index in [2.05, 4.69) is 52.0 Å². The highest BCUT2D eigenvalue weighted by atomic mass is 127. The van der Waals surface area contributed by atoms with Crippen molar-refractivity contribution in [2.45, 2.75) is 51.5 Å². The average Bonchev–Trinajstić information content (AvgIpc) is 3.11. The van der Waals surface area contributed by atoms with Gasteiger partial charge in [0, 0.05) is 31.1 Å². The maximum Gasteiger partial charge on any atom is 0.191 e.